The Hall–Kier alpha value is -2.86. The van der Waals surface area contributed by atoms with Crippen LogP contribution in [-0.4, -0.2) is 0 Å². The smallest absolute Gasteiger partial charge is 0.00931 e. The average Bonchev–Trinajstić information content (AvgIpc) is 2.95. The zero-order chi connectivity index (χ0) is 16.5. The minimum atomic E-state index is 1.24. The molecule has 0 radical (unpaired) electrons. The average molecular weight is 308 g/mol. The molecule has 0 unspecified atom stereocenters. The van der Waals surface area contributed by atoms with E-state index in [1.807, 2.05) is 0 Å². The molecular weight excluding hydrogens is 288 g/mol. The lowest BCUT2D eigenvalue weighted by molar-refractivity contribution is 1.33. The summed E-state index contributed by atoms with van der Waals surface area (Å²) in [6, 6.07) is 25.9. The molecule has 0 amide bonds. The highest BCUT2D eigenvalue weighted by atomic mass is 14.2. The first-order valence-corrected chi connectivity index (χ1v) is 8.38. The summed E-state index contributed by atoms with van der Waals surface area (Å²) in [7, 11) is 0. The number of benzene rings is 3. The zero-order valence-corrected chi connectivity index (χ0v) is 14.1. The van der Waals surface area contributed by atoms with Crippen LogP contribution < -0.4 is 0 Å². The second-order valence-electron chi connectivity index (χ2n) is 6.42. The quantitative estimate of drug-likeness (QED) is 0.514. The van der Waals surface area contributed by atoms with E-state index < -0.39 is 0 Å². The van der Waals surface area contributed by atoms with Crippen molar-refractivity contribution in [2.45, 2.75) is 13.8 Å². The first kappa shape index (κ1) is 14.7. The molecule has 3 aromatic carbocycles. The zero-order valence-electron chi connectivity index (χ0n) is 14.1. The van der Waals surface area contributed by atoms with E-state index in [2.05, 4.69) is 98.8 Å². The van der Waals surface area contributed by atoms with Gasteiger partial charge in [-0.05, 0) is 70.5 Å². The van der Waals surface area contributed by atoms with Crippen LogP contribution in [-0.2, 0) is 0 Å². The molecule has 0 fully saturated rings. The fraction of sp³-hybridized carbons (Fsp3) is 0.0833. The molecule has 0 spiro atoms. The summed E-state index contributed by atoms with van der Waals surface area (Å²) >= 11 is 0. The topological polar surface area (TPSA) is 0 Å². The molecular formula is C24H20. The molecule has 0 atom stereocenters. The molecule has 0 heterocycles. The maximum absolute atomic E-state index is 2.33. The van der Waals surface area contributed by atoms with Crippen molar-refractivity contribution < 1.29 is 0 Å². The summed E-state index contributed by atoms with van der Waals surface area (Å²) in [5, 5.41) is 0. The Morgan fingerprint density at radius 2 is 1.33 bits per heavy atom. The third-order valence-electron chi connectivity index (χ3n) is 4.74. The van der Waals surface area contributed by atoms with Gasteiger partial charge in [-0.1, -0.05) is 72.8 Å². The number of hydrogen-bond donors (Lipinski definition) is 0. The number of hydrogen-bond acceptors (Lipinski definition) is 0. The molecule has 0 bridgehead atoms. The van der Waals surface area contributed by atoms with Gasteiger partial charge in [0, 0.05) is 0 Å². The molecule has 0 saturated carbocycles. The van der Waals surface area contributed by atoms with Crippen molar-refractivity contribution in [3.63, 3.8) is 0 Å². The van der Waals surface area contributed by atoms with Crippen molar-refractivity contribution in [3.8, 4) is 0 Å². The highest BCUT2D eigenvalue weighted by molar-refractivity contribution is 6.21. The van der Waals surface area contributed by atoms with Gasteiger partial charge < -0.3 is 0 Å². The minimum Gasteiger partial charge on any atom is -0.0622 e. The van der Waals surface area contributed by atoms with Crippen LogP contribution in [0.25, 0.3) is 23.3 Å². The Kier molecular flexibility index (Phi) is 3.66. The fourth-order valence-corrected chi connectivity index (χ4v) is 3.30. The third kappa shape index (κ3) is 2.61. The Labute approximate surface area is 143 Å². The fourth-order valence-electron chi connectivity index (χ4n) is 3.30. The molecule has 24 heavy (non-hydrogen) atoms. The summed E-state index contributed by atoms with van der Waals surface area (Å²) < 4.78 is 0. The molecule has 0 saturated heterocycles. The first-order valence-electron chi connectivity index (χ1n) is 8.38. The van der Waals surface area contributed by atoms with Crippen molar-refractivity contribution in [2.24, 2.45) is 0 Å². The number of fused-ring (bicyclic) bond motifs is 1. The molecule has 4 rings (SSSR count). The largest absolute Gasteiger partial charge is 0.0622 e. The van der Waals surface area contributed by atoms with E-state index in [4.69, 9.17) is 0 Å². The number of aryl methyl sites for hydroxylation is 2. The van der Waals surface area contributed by atoms with Gasteiger partial charge in [-0.25, -0.2) is 0 Å². The van der Waals surface area contributed by atoms with Crippen LogP contribution in [0.5, 0.6) is 0 Å². The Balaban J connectivity index is 1.92. The van der Waals surface area contributed by atoms with Crippen molar-refractivity contribution in [2.75, 3.05) is 0 Å². The maximum atomic E-state index is 2.33. The summed E-state index contributed by atoms with van der Waals surface area (Å²) in [5.74, 6) is 0. The van der Waals surface area contributed by atoms with Crippen molar-refractivity contribution in [1.82, 2.24) is 0 Å². The van der Waals surface area contributed by atoms with Crippen LogP contribution in [0, 0.1) is 13.8 Å². The van der Waals surface area contributed by atoms with Crippen LogP contribution in [0.3, 0.4) is 0 Å². The minimum absolute atomic E-state index is 1.24. The second-order valence-corrected chi connectivity index (χ2v) is 6.42. The second kappa shape index (κ2) is 5.98. The van der Waals surface area contributed by atoms with Crippen LogP contribution in [0.1, 0.15) is 33.4 Å². The van der Waals surface area contributed by atoms with Gasteiger partial charge in [-0.15, -0.1) is 0 Å². The third-order valence-corrected chi connectivity index (χ3v) is 4.74. The molecule has 116 valence electrons. The Morgan fingerprint density at radius 1 is 0.708 bits per heavy atom. The molecule has 0 aromatic heterocycles. The number of rotatable bonds is 2. The molecule has 0 N–H and O–H groups in total. The normalized spacial score (nSPS) is 14.6. The lowest BCUT2D eigenvalue weighted by Crippen LogP contribution is -1.89. The van der Waals surface area contributed by atoms with Crippen molar-refractivity contribution in [1.29, 1.82) is 0 Å². The van der Waals surface area contributed by atoms with Gasteiger partial charge >= 0.3 is 0 Å². The van der Waals surface area contributed by atoms with Gasteiger partial charge in [0.05, 0.1) is 0 Å². The van der Waals surface area contributed by atoms with Gasteiger partial charge in [-0.3, -0.25) is 0 Å². The molecule has 1 aliphatic carbocycles. The standard InChI is InChI=1S/C24H20/c1-17-13-21-16-23(20-11-7-4-8-12-20)24(22(21)14-18(17)2)15-19-9-5-3-6-10-19/h3-16H,1-2H3/b24-15-. The SMILES string of the molecule is Cc1cc2c(cc1C)/C(=C/c1ccccc1)C(c1ccccc1)=C2. The number of allylic oxidation sites excluding steroid dienone is 2. The van der Waals surface area contributed by atoms with E-state index >= 15 is 0 Å². The van der Waals surface area contributed by atoms with Crippen LogP contribution in [0.4, 0.5) is 0 Å². The van der Waals surface area contributed by atoms with Crippen LogP contribution in [0.15, 0.2) is 72.8 Å². The monoisotopic (exact) mass is 308 g/mol. The van der Waals surface area contributed by atoms with Gasteiger partial charge in [0.2, 0.25) is 0 Å². The lowest BCUT2D eigenvalue weighted by Gasteiger charge is -2.10. The van der Waals surface area contributed by atoms with Crippen molar-refractivity contribution in [3.05, 3.63) is 106 Å². The van der Waals surface area contributed by atoms with Crippen LogP contribution in [0.2, 0.25) is 0 Å². The molecule has 0 aliphatic heterocycles. The van der Waals surface area contributed by atoms with Gasteiger partial charge in [0.25, 0.3) is 0 Å². The Bertz CT molecular complexity index is 942. The molecule has 3 aromatic rings. The van der Waals surface area contributed by atoms with E-state index in [1.165, 1.54) is 44.5 Å². The van der Waals surface area contributed by atoms with E-state index in [-0.39, 0.29) is 0 Å². The highest BCUT2D eigenvalue weighted by Gasteiger charge is 2.20. The lowest BCUT2D eigenvalue weighted by atomic mass is 9.94. The highest BCUT2D eigenvalue weighted by Crippen LogP contribution is 2.43. The summed E-state index contributed by atoms with van der Waals surface area (Å²) in [5.41, 5.74) is 10.5. The van der Waals surface area contributed by atoms with E-state index in [0.29, 0.717) is 0 Å². The predicted octanol–water partition coefficient (Wildman–Crippen LogP) is 6.40. The van der Waals surface area contributed by atoms with Gasteiger partial charge in [0.15, 0.2) is 0 Å². The predicted molar refractivity (Wildman–Crippen MR) is 105 cm³/mol. The van der Waals surface area contributed by atoms with Crippen molar-refractivity contribution >= 4 is 23.3 Å². The maximum Gasteiger partial charge on any atom is -0.00931 e. The van der Waals surface area contributed by atoms with Crippen LogP contribution >= 0.6 is 0 Å². The molecule has 1 aliphatic rings. The summed E-state index contributed by atoms with van der Waals surface area (Å²) in [6.07, 6.45) is 4.63. The van der Waals surface area contributed by atoms with E-state index in [0.717, 1.165) is 0 Å². The Morgan fingerprint density at radius 3 is 2.04 bits per heavy atom. The summed E-state index contributed by atoms with van der Waals surface area (Å²) in [6.45, 7) is 4.38. The van der Waals surface area contributed by atoms with E-state index in [9.17, 15) is 0 Å². The molecule has 0 heteroatoms. The van der Waals surface area contributed by atoms with E-state index in [1.54, 1.807) is 0 Å². The summed E-state index contributed by atoms with van der Waals surface area (Å²) in [4.78, 5) is 0. The molecule has 0 nitrogen and oxygen atoms in total. The van der Waals surface area contributed by atoms with Gasteiger partial charge in [0.1, 0.15) is 0 Å². The first-order chi connectivity index (χ1) is 11.7. The van der Waals surface area contributed by atoms with Gasteiger partial charge in [-0.2, -0.15) is 0 Å².